The highest BCUT2D eigenvalue weighted by molar-refractivity contribution is 5.82. The second-order valence-electron chi connectivity index (χ2n) is 4.15. The second kappa shape index (κ2) is 5.00. The molecule has 1 aliphatic heterocycles. The van der Waals surface area contributed by atoms with Crippen LogP contribution >= 0.6 is 0 Å². The van der Waals surface area contributed by atoms with E-state index in [1.165, 1.54) is 4.90 Å². The Balaban J connectivity index is 2.63. The lowest BCUT2D eigenvalue weighted by molar-refractivity contribution is -0.143. The van der Waals surface area contributed by atoms with Gasteiger partial charge in [0.2, 0.25) is 0 Å². The van der Waals surface area contributed by atoms with Crippen LogP contribution in [0.15, 0.2) is 0 Å². The minimum absolute atomic E-state index is 0.0360. The van der Waals surface area contributed by atoms with E-state index >= 15 is 0 Å². The molecule has 2 N–H and O–H groups in total. The average Bonchev–Trinajstić information content (AvgIpc) is 2.16. The minimum atomic E-state index is -0.909. The van der Waals surface area contributed by atoms with Gasteiger partial charge in [-0.3, -0.25) is 0 Å². The Hall–Kier alpha value is -1.26. The number of nitrogens with zero attached hydrogens (tertiary/aromatic N) is 1. The lowest BCUT2D eigenvalue weighted by atomic mass is 10.0. The molecular formula is C10H18N2O3. The monoisotopic (exact) mass is 214 g/mol. The standard InChI is InChI=1S/C10H18N2O3/c1-7(2)11-10(15)12-6-4-3-5-8(12)9(13)14/h7-8H,3-6H2,1-2H3,(H,11,15)(H,13,14)/t8-/m1/s1. The van der Waals surface area contributed by atoms with Crippen molar-refractivity contribution in [1.29, 1.82) is 0 Å². The van der Waals surface area contributed by atoms with Gasteiger partial charge < -0.3 is 15.3 Å². The lowest BCUT2D eigenvalue weighted by Gasteiger charge is -2.33. The summed E-state index contributed by atoms with van der Waals surface area (Å²) in [6.07, 6.45) is 2.32. The maximum Gasteiger partial charge on any atom is 0.326 e. The Bertz CT molecular complexity index is 253. The molecule has 5 nitrogen and oxygen atoms in total. The zero-order valence-electron chi connectivity index (χ0n) is 9.19. The number of carbonyl (C=O) groups excluding carboxylic acids is 1. The number of aliphatic carboxylic acids is 1. The van der Waals surface area contributed by atoms with Crippen molar-refractivity contribution in [3.63, 3.8) is 0 Å². The number of carboxylic acids is 1. The lowest BCUT2D eigenvalue weighted by Crippen LogP contribution is -2.53. The summed E-state index contributed by atoms with van der Waals surface area (Å²) < 4.78 is 0. The van der Waals surface area contributed by atoms with Crippen LogP contribution in [-0.4, -0.2) is 40.6 Å². The molecule has 0 radical (unpaired) electrons. The summed E-state index contributed by atoms with van der Waals surface area (Å²) in [7, 11) is 0. The minimum Gasteiger partial charge on any atom is -0.480 e. The van der Waals surface area contributed by atoms with Crippen molar-refractivity contribution in [1.82, 2.24) is 10.2 Å². The topological polar surface area (TPSA) is 69.6 Å². The van der Waals surface area contributed by atoms with E-state index in [1.54, 1.807) is 0 Å². The molecule has 0 saturated carbocycles. The summed E-state index contributed by atoms with van der Waals surface area (Å²) in [5, 5.41) is 11.7. The number of hydrogen-bond donors (Lipinski definition) is 2. The first kappa shape index (κ1) is 11.8. The molecule has 5 heteroatoms. The molecule has 0 aromatic heterocycles. The van der Waals surface area contributed by atoms with Crippen LogP contribution in [0.1, 0.15) is 33.1 Å². The molecule has 1 atom stereocenters. The Labute approximate surface area is 89.4 Å². The van der Waals surface area contributed by atoms with Crippen molar-refractivity contribution >= 4 is 12.0 Å². The molecule has 0 bridgehead atoms. The Morgan fingerprint density at radius 3 is 2.60 bits per heavy atom. The molecule has 0 aromatic rings. The molecular weight excluding hydrogens is 196 g/mol. The molecule has 2 amide bonds. The molecule has 15 heavy (non-hydrogen) atoms. The van der Waals surface area contributed by atoms with Crippen molar-refractivity contribution in [3.05, 3.63) is 0 Å². The van der Waals surface area contributed by atoms with Gasteiger partial charge in [-0.25, -0.2) is 9.59 Å². The van der Waals surface area contributed by atoms with Crippen LogP contribution in [0, 0.1) is 0 Å². The van der Waals surface area contributed by atoms with E-state index in [9.17, 15) is 9.59 Å². The van der Waals surface area contributed by atoms with Gasteiger partial charge in [0.15, 0.2) is 0 Å². The third-order valence-electron chi connectivity index (χ3n) is 2.46. The fourth-order valence-corrected chi connectivity index (χ4v) is 1.76. The Kier molecular flexibility index (Phi) is 3.94. The molecule has 0 spiro atoms. The van der Waals surface area contributed by atoms with Crippen LogP contribution in [0.2, 0.25) is 0 Å². The quantitative estimate of drug-likeness (QED) is 0.721. The first-order valence-electron chi connectivity index (χ1n) is 5.32. The van der Waals surface area contributed by atoms with Gasteiger partial charge in [-0.05, 0) is 33.1 Å². The molecule has 1 heterocycles. The van der Waals surface area contributed by atoms with Crippen molar-refractivity contribution in [3.8, 4) is 0 Å². The summed E-state index contributed by atoms with van der Waals surface area (Å²) in [5.74, 6) is -0.909. The number of piperidine rings is 1. The fourth-order valence-electron chi connectivity index (χ4n) is 1.76. The third kappa shape index (κ3) is 3.11. The molecule has 1 aliphatic rings. The average molecular weight is 214 g/mol. The summed E-state index contributed by atoms with van der Waals surface area (Å²) >= 11 is 0. The molecule has 1 rings (SSSR count). The van der Waals surface area contributed by atoms with E-state index in [0.717, 1.165) is 12.8 Å². The maximum absolute atomic E-state index is 11.7. The Morgan fingerprint density at radius 1 is 1.40 bits per heavy atom. The normalized spacial score (nSPS) is 21.5. The SMILES string of the molecule is CC(C)NC(=O)N1CCCC[C@@H]1C(=O)O. The first-order valence-corrected chi connectivity index (χ1v) is 5.32. The number of carboxylic acid groups (broad SMARTS) is 1. The smallest absolute Gasteiger partial charge is 0.326 e. The van der Waals surface area contributed by atoms with Crippen LogP contribution in [0.4, 0.5) is 4.79 Å². The third-order valence-corrected chi connectivity index (χ3v) is 2.46. The van der Waals surface area contributed by atoms with Gasteiger partial charge in [-0.1, -0.05) is 0 Å². The van der Waals surface area contributed by atoms with Crippen LogP contribution in [0.3, 0.4) is 0 Å². The summed E-state index contributed by atoms with van der Waals surface area (Å²) in [6, 6.07) is -0.886. The van der Waals surface area contributed by atoms with Gasteiger partial charge in [0.25, 0.3) is 0 Å². The molecule has 1 saturated heterocycles. The highest BCUT2D eigenvalue weighted by Crippen LogP contribution is 2.17. The van der Waals surface area contributed by atoms with Crippen LogP contribution < -0.4 is 5.32 Å². The number of urea groups is 1. The van der Waals surface area contributed by atoms with Gasteiger partial charge >= 0.3 is 12.0 Å². The van der Waals surface area contributed by atoms with E-state index in [4.69, 9.17) is 5.11 Å². The second-order valence-corrected chi connectivity index (χ2v) is 4.15. The molecule has 86 valence electrons. The van der Waals surface area contributed by atoms with Gasteiger partial charge in [-0.2, -0.15) is 0 Å². The summed E-state index contributed by atoms with van der Waals surface area (Å²) in [6.45, 7) is 4.25. The number of amides is 2. The van der Waals surface area contributed by atoms with Crippen molar-refractivity contribution in [2.24, 2.45) is 0 Å². The number of carbonyl (C=O) groups is 2. The highest BCUT2D eigenvalue weighted by atomic mass is 16.4. The zero-order valence-corrected chi connectivity index (χ0v) is 9.19. The van der Waals surface area contributed by atoms with E-state index in [2.05, 4.69) is 5.32 Å². The van der Waals surface area contributed by atoms with Crippen LogP contribution in [0.5, 0.6) is 0 Å². The van der Waals surface area contributed by atoms with Gasteiger partial charge in [0, 0.05) is 12.6 Å². The highest BCUT2D eigenvalue weighted by Gasteiger charge is 2.31. The van der Waals surface area contributed by atoms with E-state index in [0.29, 0.717) is 13.0 Å². The summed E-state index contributed by atoms with van der Waals surface area (Å²) in [4.78, 5) is 24.0. The number of nitrogens with one attached hydrogen (secondary N) is 1. The molecule has 1 fully saturated rings. The van der Waals surface area contributed by atoms with E-state index in [1.807, 2.05) is 13.8 Å². The van der Waals surface area contributed by atoms with Crippen LogP contribution in [-0.2, 0) is 4.79 Å². The van der Waals surface area contributed by atoms with E-state index in [-0.39, 0.29) is 12.1 Å². The van der Waals surface area contributed by atoms with Crippen molar-refractivity contribution < 1.29 is 14.7 Å². The van der Waals surface area contributed by atoms with Gasteiger partial charge in [0.1, 0.15) is 6.04 Å². The fraction of sp³-hybridized carbons (Fsp3) is 0.800. The number of hydrogen-bond acceptors (Lipinski definition) is 2. The predicted molar refractivity (Wildman–Crippen MR) is 55.6 cm³/mol. The number of rotatable bonds is 2. The number of likely N-dealkylation sites (tertiary alicyclic amines) is 1. The van der Waals surface area contributed by atoms with Gasteiger partial charge in [0.05, 0.1) is 0 Å². The summed E-state index contributed by atoms with van der Waals surface area (Å²) in [5.41, 5.74) is 0. The van der Waals surface area contributed by atoms with Crippen LogP contribution in [0.25, 0.3) is 0 Å². The molecule has 0 unspecified atom stereocenters. The van der Waals surface area contributed by atoms with Crippen molar-refractivity contribution in [2.45, 2.75) is 45.2 Å². The Morgan fingerprint density at radius 2 is 2.07 bits per heavy atom. The maximum atomic E-state index is 11.7. The van der Waals surface area contributed by atoms with E-state index < -0.39 is 12.0 Å². The zero-order chi connectivity index (χ0) is 11.4. The molecule has 0 aromatic carbocycles. The van der Waals surface area contributed by atoms with Gasteiger partial charge in [-0.15, -0.1) is 0 Å². The van der Waals surface area contributed by atoms with Crippen molar-refractivity contribution in [2.75, 3.05) is 6.54 Å². The molecule has 0 aliphatic carbocycles. The predicted octanol–water partition coefficient (Wildman–Crippen LogP) is 1.04. The largest absolute Gasteiger partial charge is 0.480 e. The first-order chi connectivity index (χ1) is 7.02.